The van der Waals surface area contributed by atoms with E-state index in [1.54, 1.807) is 12.3 Å². The number of nitrogens with zero attached hydrogens (tertiary/aromatic N) is 3. The van der Waals surface area contributed by atoms with Crippen LogP contribution in [0.4, 0.5) is 0 Å². The van der Waals surface area contributed by atoms with Gasteiger partial charge in [-0.15, -0.1) is 0 Å². The van der Waals surface area contributed by atoms with Crippen LogP contribution in [-0.4, -0.2) is 41.7 Å². The molecule has 1 aliphatic carbocycles. The summed E-state index contributed by atoms with van der Waals surface area (Å²) < 4.78 is 27.3. The number of ketones is 1. The molecule has 1 aromatic heterocycles. The zero-order valence-corrected chi connectivity index (χ0v) is 19.3. The molecule has 0 unspecified atom stereocenters. The number of nitrogens with two attached hydrogens (primary N) is 1. The number of guanidine groups is 1. The molecule has 0 fully saturated rings. The number of hydrogen-bond donors (Lipinski definition) is 1. The molecule has 7 nitrogen and oxygen atoms in total. The molecule has 0 saturated carbocycles. The SMILES string of the molecule is Cc1cnc(C(=O)Cc2ccc3c(c2)[C@@]2(C)N=C(N)N(C)S(=O)(=O)[C@H]2CCC3)c(Cl)c1. The van der Waals surface area contributed by atoms with Gasteiger partial charge in [-0.25, -0.2) is 17.7 Å². The van der Waals surface area contributed by atoms with Gasteiger partial charge in [0.1, 0.15) is 16.5 Å². The summed E-state index contributed by atoms with van der Waals surface area (Å²) >= 11 is 6.22. The van der Waals surface area contributed by atoms with Gasteiger partial charge in [0.05, 0.1) is 5.02 Å². The van der Waals surface area contributed by atoms with Crippen molar-refractivity contribution in [1.29, 1.82) is 0 Å². The summed E-state index contributed by atoms with van der Waals surface area (Å²) in [4.78, 5) is 21.7. The second-order valence-electron chi connectivity index (χ2n) is 8.45. The van der Waals surface area contributed by atoms with Crippen LogP contribution < -0.4 is 5.73 Å². The van der Waals surface area contributed by atoms with Gasteiger partial charge in [-0.3, -0.25) is 9.78 Å². The molecule has 2 aliphatic rings. The molecule has 0 spiro atoms. The van der Waals surface area contributed by atoms with Crippen LogP contribution in [0.25, 0.3) is 0 Å². The zero-order valence-electron chi connectivity index (χ0n) is 17.7. The highest BCUT2D eigenvalue weighted by Gasteiger charge is 2.51. The summed E-state index contributed by atoms with van der Waals surface area (Å²) in [7, 11) is -2.20. The second kappa shape index (κ2) is 7.60. The van der Waals surface area contributed by atoms with Crippen molar-refractivity contribution < 1.29 is 13.2 Å². The molecular weight excluding hydrogens is 436 g/mol. The third kappa shape index (κ3) is 3.61. The highest BCUT2D eigenvalue weighted by molar-refractivity contribution is 7.90. The summed E-state index contributed by atoms with van der Waals surface area (Å²) in [5.41, 5.74) is 8.69. The Balaban J connectivity index is 1.76. The van der Waals surface area contributed by atoms with Gasteiger partial charge in [-0.2, -0.15) is 0 Å². The van der Waals surface area contributed by atoms with E-state index in [0.29, 0.717) is 11.4 Å². The number of sulfonamides is 1. The maximum atomic E-state index is 13.1. The molecule has 2 atom stereocenters. The van der Waals surface area contributed by atoms with E-state index in [4.69, 9.17) is 17.3 Å². The van der Waals surface area contributed by atoms with Crippen LogP contribution in [0.1, 0.15) is 52.5 Å². The zero-order chi connectivity index (χ0) is 22.6. The molecule has 4 rings (SSSR count). The topological polar surface area (TPSA) is 106 Å². The van der Waals surface area contributed by atoms with E-state index in [1.807, 2.05) is 32.0 Å². The van der Waals surface area contributed by atoms with Crippen molar-refractivity contribution in [3.05, 3.63) is 63.4 Å². The second-order valence-corrected chi connectivity index (χ2v) is 11.0. The standard InChI is InChI=1S/C22H25ClN4O3S/c1-13-9-17(23)20(25-12-13)18(28)11-14-7-8-15-5-4-6-19-22(2,16(15)10-14)26-21(24)27(3)31(19,29)30/h7-10,12,19H,4-6,11H2,1-3H3,(H2,24,26)/t19-,22+/m0/s1. The Morgan fingerprint density at radius 1 is 1.35 bits per heavy atom. The molecule has 164 valence electrons. The van der Waals surface area contributed by atoms with Crippen molar-refractivity contribution in [2.24, 2.45) is 10.7 Å². The van der Waals surface area contributed by atoms with Crippen LogP contribution in [0.5, 0.6) is 0 Å². The molecule has 9 heteroatoms. The summed E-state index contributed by atoms with van der Waals surface area (Å²) in [5.74, 6) is -0.219. The number of pyridine rings is 1. The van der Waals surface area contributed by atoms with Crippen molar-refractivity contribution in [2.75, 3.05) is 7.05 Å². The van der Waals surface area contributed by atoms with Crippen molar-refractivity contribution >= 4 is 33.4 Å². The van der Waals surface area contributed by atoms with Crippen molar-refractivity contribution in [3.8, 4) is 0 Å². The van der Waals surface area contributed by atoms with Crippen molar-refractivity contribution in [3.63, 3.8) is 0 Å². The van der Waals surface area contributed by atoms with Gasteiger partial charge in [-0.1, -0.05) is 29.8 Å². The summed E-state index contributed by atoms with van der Waals surface area (Å²) in [6.07, 6.45) is 3.69. The number of aryl methyl sites for hydroxylation is 2. The fourth-order valence-corrected chi connectivity index (χ4v) is 6.80. The summed E-state index contributed by atoms with van der Waals surface area (Å²) in [5, 5.41) is -0.386. The number of benzene rings is 1. The van der Waals surface area contributed by atoms with Gasteiger partial charge in [0.15, 0.2) is 5.78 Å². The van der Waals surface area contributed by atoms with E-state index in [0.717, 1.165) is 39.4 Å². The number of fused-ring (bicyclic) bond motifs is 3. The monoisotopic (exact) mass is 460 g/mol. The molecule has 2 aromatic rings. The number of aliphatic imine (C=N–C) groups is 1. The Hall–Kier alpha value is -2.45. The fraction of sp³-hybridized carbons (Fsp3) is 0.409. The number of halogens is 1. The van der Waals surface area contributed by atoms with Crippen LogP contribution in [0.3, 0.4) is 0 Å². The average Bonchev–Trinajstić information content (AvgIpc) is 2.83. The van der Waals surface area contributed by atoms with Gasteiger partial charge < -0.3 is 5.73 Å². The van der Waals surface area contributed by atoms with Gasteiger partial charge >= 0.3 is 0 Å². The quantitative estimate of drug-likeness (QED) is 0.709. The Kier molecular flexibility index (Phi) is 5.34. The van der Waals surface area contributed by atoms with Gasteiger partial charge in [0.2, 0.25) is 16.0 Å². The molecular formula is C22H25ClN4O3S. The Labute approximate surface area is 187 Å². The predicted molar refractivity (Wildman–Crippen MR) is 121 cm³/mol. The van der Waals surface area contributed by atoms with Crippen LogP contribution in [0, 0.1) is 6.92 Å². The lowest BCUT2D eigenvalue weighted by molar-refractivity contribution is 0.0988. The minimum absolute atomic E-state index is 0.0243. The Bertz CT molecular complexity index is 1210. The lowest BCUT2D eigenvalue weighted by atomic mass is 9.84. The fourth-order valence-electron chi connectivity index (χ4n) is 4.56. The van der Waals surface area contributed by atoms with E-state index in [1.165, 1.54) is 7.05 Å². The van der Waals surface area contributed by atoms with Crippen LogP contribution in [-0.2, 0) is 28.4 Å². The third-order valence-electron chi connectivity index (χ3n) is 6.28. The number of Topliss-reactive ketones (excluding diaryl/α,β-unsaturated/α-hetero) is 1. The molecule has 1 aliphatic heterocycles. The first-order valence-electron chi connectivity index (χ1n) is 10.1. The minimum Gasteiger partial charge on any atom is -0.369 e. The van der Waals surface area contributed by atoms with E-state index >= 15 is 0 Å². The molecule has 0 bridgehead atoms. The lowest BCUT2D eigenvalue weighted by Crippen LogP contribution is -2.56. The highest BCUT2D eigenvalue weighted by Crippen LogP contribution is 2.44. The number of carbonyl (C=O) groups excluding carboxylic acids is 1. The minimum atomic E-state index is -3.64. The number of aromatic nitrogens is 1. The Morgan fingerprint density at radius 2 is 2.10 bits per heavy atom. The predicted octanol–water partition coefficient (Wildman–Crippen LogP) is 2.98. The first kappa shape index (κ1) is 21.8. The first-order chi connectivity index (χ1) is 14.5. The van der Waals surface area contributed by atoms with E-state index in [-0.39, 0.29) is 23.9 Å². The third-order valence-corrected chi connectivity index (χ3v) is 8.93. The maximum absolute atomic E-state index is 13.1. The molecule has 0 amide bonds. The van der Waals surface area contributed by atoms with E-state index in [2.05, 4.69) is 9.98 Å². The first-order valence-corrected chi connectivity index (χ1v) is 12.0. The van der Waals surface area contributed by atoms with Crippen molar-refractivity contribution in [2.45, 2.75) is 50.3 Å². The van der Waals surface area contributed by atoms with Crippen LogP contribution >= 0.6 is 11.6 Å². The molecule has 2 N–H and O–H groups in total. The molecule has 0 saturated heterocycles. The molecule has 2 heterocycles. The summed E-state index contributed by atoms with van der Waals surface area (Å²) in [6, 6.07) is 7.47. The average molecular weight is 461 g/mol. The normalized spacial score (nSPS) is 24.6. The maximum Gasteiger partial charge on any atom is 0.242 e. The summed E-state index contributed by atoms with van der Waals surface area (Å²) in [6.45, 7) is 3.68. The smallest absolute Gasteiger partial charge is 0.242 e. The molecule has 1 aromatic carbocycles. The molecule has 31 heavy (non-hydrogen) atoms. The van der Waals surface area contributed by atoms with Gasteiger partial charge in [-0.05, 0) is 61.4 Å². The van der Waals surface area contributed by atoms with E-state index in [9.17, 15) is 13.2 Å². The largest absolute Gasteiger partial charge is 0.369 e. The van der Waals surface area contributed by atoms with Crippen LogP contribution in [0.2, 0.25) is 5.02 Å². The molecule has 0 radical (unpaired) electrons. The van der Waals surface area contributed by atoms with E-state index < -0.39 is 20.8 Å². The Morgan fingerprint density at radius 3 is 2.81 bits per heavy atom. The van der Waals surface area contributed by atoms with Gasteiger partial charge in [0.25, 0.3) is 0 Å². The van der Waals surface area contributed by atoms with Crippen LogP contribution in [0.15, 0.2) is 35.5 Å². The van der Waals surface area contributed by atoms with Gasteiger partial charge in [0, 0.05) is 19.7 Å². The highest BCUT2D eigenvalue weighted by atomic mass is 35.5. The number of hydrogen-bond acceptors (Lipinski definition) is 6. The lowest BCUT2D eigenvalue weighted by Gasteiger charge is -2.41. The number of rotatable bonds is 3. The van der Waals surface area contributed by atoms with Crippen molar-refractivity contribution in [1.82, 2.24) is 9.29 Å². The number of carbonyl (C=O) groups is 1.